The minimum absolute atomic E-state index is 0.387. The van der Waals surface area contributed by atoms with Crippen molar-refractivity contribution in [3.63, 3.8) is 0 Å². The zero-order valence-electron chi connectivity index (χ0n) is 8.84. The monoisotopic (exact) mass is 224 g/mol. The molecule has 0 aromatic heterocycles. The summed E-state index contributed by atoms with van der Waals surface area (Å²) in [6.07, 6.45) is 0. The molecular formula is C14H8O3. The van der Waals surface area contributed by atoms with Gasteiger partial charge < -0.3 is 4.74 Å². The number of ether oxygens (including phenoxy) is 1. The van der Waals surface area contributed by atoms with Gasteiger partial charge in [0.05, 0.1) is 11.1 Å². The third-order valence-electron chi connectivity index (χ3n) is 2.72. The Bertz CT molecular complexity index is 573. The summed E-state index contributed by atoms with van der Waals surface area (Å²) in [7, 11) is 0. The Morgan fingerprint density at radius 2 is 1.06 bits per heavy atom. The Morgan fingerprint density at radius 3 is 1.53 bits per heavy atom. The number of hydrogen-bond acceptors (Lipinski definition) is 3. The highest BCUT2D eigenvalue weighted by Gasteiger charge is 2.18. The molecule has 17 heavy (non-hydrogen) atoms. The van der Waals surface area contributed by atoms with Crippen molar-refractivity contribution in [3.05, 3.63) is 59.7 Å². The van der Waals surface area contributed by atoms with Crippen molar-refractivity contribution >= 4 is 11.9 Å². The number of fused-ring (bicyclic) bond motifs is 5. The second kappa shape index (κ2) is 3.56. The van der Waals surface area contributed by atoms with Crippen LogP contribution in [0.1, 0.15) is 20.7 Å². The molecule has 0 N–H and O–H groups in total. The molecule has 3 heteroatoms. The van der Waals surface area contributed by atoms with Crippen LogP contribution in [0.25, 0.3) is 11.1 Å². The Balaban J connectivity index is 2.30. The van der Waals surface area contributed by atoms with E-state index in [-0.39, 0.29) is 0 Å². The summed E-state index contributed by atoms with van der Waals surface area (Å²) in [5.74, 6) is -1.22. The molecule has 2 aromatic carbocycles. The Labute approximate surface area is 97.6 Å². The summed E-state index contributed by atoms with van der Waals surface area (Å²) < 4.78 is 4.77. The topological polar surface area (TPSA) is 43.4 Å². The molecule has 82 valence electrons. The summed E-state index contributed by atoms with van der Waals surface area (Å²) in [5.41, 5.74) is 2.57. The summed E-state index contributed by atoms with van der Waals surface area (Å²) in [6.45, 7) is 0. The molecule has 0 spiro atoms. The molecule has 0 atom stereocenters. The molecular weight excluding hydrogens is 216 g/mol. The van der Waals surface area contributed by atoms with E-state index < -0.39 is 11.9 Å². The van der Waals surface area contributed by atoms with E-state index in [4.69, 9.17) is 4.74 Å². The van der Waals surface area contributed by atoms with Gasteiger partial charge in [0.25, 0.3) is 0 Å². The van der Waals surface area contributed by atoms with Gasteiger partial charge in [-0.25, -0.2) is 9.59 Å². The van der Waals surface area contributed by atoms with Gasteiger partial charge in [0.2, 0.25) is 0 Å². The van der Waals surface area contributed by atoms with E-state index in [0.717, 1.165) is 11.1 Å². The predicted molar refractivity (Wildman–Crippen MR) is 61.6 cm³/mol. The second-order valence-electron chi connectivity index (χ2n) is 3.84. The standard InChI is InChI=1S/C14H8O3/c15-13-11-5-1-3-9(7-11)10-4-2-6-12(8-10)14(16)17-13/h1-8H. The largest absolute Gasteiger partial charge is 0.386 e. The van der Waals surface area contributed by atoms with Crippen LogP contribution >= 0.6 is 0 Å². The summed E-state index contributed by atoms with van der Waals surface area (Å²) in [6, 6.07) is 14.0. The van der Waals surface area contributed by atoms with Gasteiger partial charge in [-0.1, -0.05) is 24.3 Å². The summed E-state index contributed by atoms with van der Waals surface area (Å²) >= 11 is 0. The first-order chi connectivity index (χ1) is 8.24. The third-order valence-corrected chi connectivity index (χ3v) is 2.72. The molecule has 0 saturated heterocycles. The van der Waals surface area contributed by atoms with Crippen molar-refractivity contribution in [2.24, 2.45) is 0 Å². The van der Waals surface area contributed by atoms with Crippen molar-refractivity contribution in [2.45, 2.75) is 0 Å². The van der Waals surface area contributed by atoms with Crippen LogP contribution in [-0.2, 0) is 4.74 Å². The van der Waals surface area contributed by atoms with Gasteiger partial charge in [-0.2, -0.15) is 0 Å². The third kappa shape index (κ3) is 1.61. The van der Waals surface area contributed by atoms with Crippen LogP contribution in [0.3, 0.4) is 0 Å². The zero-order valence-corrected chi connectivity index (χ0v) is 8.84. The molecule has 0 aliphatic carbocycles. The number of carbonyl (C=O) groups excluding carboxylic acids is 2. The SMILES string of the molecule is O=C1OC(=O)c2cccc(c2)-c2cccc1c2. The average molecular weight is 224 g/mol. The first-order valence-corrected chi connectivity index (χ1v) is 5.21. The summed E-state index contributed by atoms with van der Waals surface area (Å²) in [4.78, 5) is 23.3. The lowest BCUT2D eigenvalue weighted by Crippen LogP contribution is -2.11. The maximum Gasteiger partial charge on any atom is 0.346 e. The molecule has 1 aliphatic rings. The van der Waals surface area contributed by atoms with Crippen molar-refractivity contribution in [2.75, 3.05) is 0 Å². The van der Waals surface area contributed by atoms with E-state index in [1.807, 2.05) is 12.1 Å². The first kappa shape index (κ1) is 9.78. The van der Waals surface area contributed by atoms with Crippen LogP contribution in [-0.4, -0.2) is 11.9 Å². The van der Waals surface area contributed by atoms with Crippen LogP contribution in [0, 0.1) is 0 Å². The molecule has 0 saturated carbocycles. The summed E-state index contributed by atoms with van der Waals surface area (Å²) in [5, 5.41) is 0. The van der Waals surface area contributed by atoms with Gasteiger partial charge in [-0.15, -0.1) is 0 Å². The number of esters is 2. The van der Waals surface area contributed by atoms with E-state index in [1.54, 1.807) is 36.4 Å². The van der Waals surface area contributed by atoms with Gasteiger partial charge >= 0.3 is 11.9 Å². The van der Waals surface area contributed by atoms with Gasteiger partial charge in [0.15, 0.2) is 0 Å². The highest BCUT2D eigenvalue weighted by molar-refractivity contribution is 6.04. The van der Waals surface area contributed by atoms with E-state index in [1.165, 1.54) is 0 Å². The maximum absolute atomic E-state index is 11.7. The lowest BCUT2D eigenvalue weighted by molar-refractivity contribution is 0.0398. The molecule has 4 bridgehead atoms. The molecule has 1 heterocycles. The maximum atomic E-state index is 11.7. The minimum atomic E-state index is -0.612. The van der Waals surface area contributed by atoms with Crippen LogP contribution < -0.4 is 0 Å². The first-order valence-electron chi connectivity index (χ1n) is 5.21. The lowest BCUT2D eigenvalue weighted by atomic mass is 10.0. The molecule has 0 amide bonds. The second-order valence-corrected chi connectivity index (χ2v) is 3.84. The van der Waals surface area contributed by atoms with E-state index in [9.17, 15) is 9.59 Å². The molecule has 2 aromatic rings. The van der Waals surface area contributed by atoms with Gasteiger partial charge in [0.1, 0.15) is 0 Å². The molecule has 0 radical (unpaired) electrons. The molecule has 3 rings (SSSR count). The quantitative estimate of drug-likeness (QED) is 0.510. The fourth-order valence-electron chi connectivity index (χ4n) is 1.85. The predicted octanol–water partition coefficient (Wildman–Crippen LogP) is 2.66. The molecule has 1 aliphatic heterocycles. The Morgan fingerprint density at radius 1 is 0.647 bits per heavy atom. The van der Waals surface area contributed by atoms with Crippen molar-refractivity contribution in [3.8, 4) is 11.1 Å². The smallest absolute Gasteiger partial charge is 0.346 e. The number of hydrogen-bond donors (Lipinski definition) is 0. The highest BCUT2D eigenvalue weighted by Crippen LogP contribution is 2.24. The average Bonchev–Trinajstić information content (AvgIpc) is 2.40. The molecule has 3 nitrogen and oxygen atoms in total. The van der Waals surface area contributed by atoms with Crippen LogP contribution in [0.15, 0.2) is 48.5 Å². The van der Waals surface area contributed by atoms with Crippen molar-refractivity contribution in [1.29, 1.82) is 0 Å². The number of benzene rings is 2. The van der Waals surface area contributed by atoms with E-state index in [0.29, 0.717) is 11.1 Å². The number of cyclic esters (lactones) is 2. The lowest BCUT2D eigenvalue weighted by Gasteiger charge is -2.01. The van der Waals surface area contributed by atoms with Gasteiger partial charge in [-0.3, -0.25) is 0 Å². The van der Waals surface area contributed by atoms with Crippen LogP contribution in [0.5, 0.6) is 0 Å². The van der Waals surface area contributed by atoms with E-state index in [2.05, 4.69) is 0 Å². The van der Waals surface area contributed by atoms with Crippen molar-refractivity contribution in [1.82, 2.24) is 0 Å². The van der Waals surface area contributed by atoms with Gasteiger partial charge in [0, 0.05) is 0 Å². The van der Waals surface area contributed by atoms with E-state index >= 15 is 0 Å². The fraction of sp³-hybridized carbons (Fsp3) is 0. The van der Waals surface area contributed by atoms with Crippen molar-refractivity contribution < 1.29 is 14.3 Å². The normalized spacial score (nSPS) is 13.4. The molecule has 0 unspecified atom stereocenters. The number of rotatable bonds is 0. The zero-order chi connectivity index (χ0) is 11.8. The van der Waals surface area contributed by atoms with Gasteiger partial charge in [-0.05, 0) is 35.4 Å². The van der Waals surface area contributed by atoms with Crippen LogP contribution in [0.4, 0.5) is 0 Å². The molecule has 0 fully saturated rings. The Hall–Kier alpha value is -2.42. The minimum Gasteiger partial charge on any atom is -0.386 e. The Kier molecular flexibility index (Phi) is 2.05. The fourth-order valence-corrected chi connectivity index (χ4v) is 1.85. The number of carbonyl (C=O) groups is 2. The highest BCUT2D eigenvalue weighted by atomic mass is 16.6. The van der Waals surface area contributed by atoms with Crippen LogP contribution in [0.2, 0.25) is 0 Å².